The first-order valence-corrected chi connectivity index (χ1v) is 3.97. The van der Waals surface area contributed by atoms with Crippen LogP contribution in [0.25, 0.3) is 0 Å². The first-order valence-electron chi connectivity index (χ1n) is 3.97. The predicted octanol–water partition coefficient (Wildman–Crippen LogP) is 0.179. The molecule has 0 aliphatic heterocycles. The van der Waals surface area contributed by atoms with E-state index in [1.807, 2.05) is 0 Å². The molecule has 0 saturated carbocycles. The molecule has 0 bridgehead atoms. The highest BCUT2D eigenvalue weighted by atomic mass is 19.1. The van der Waals surface area contributed by atoms with Crippen LogP contribution in [0.3, 0.4) is 0 Å². The SMILES string of the molecule is NCC(O)C(O)c1ccccc1F. The summed E-state index contributed by atoms with van der Waals surface area (Å²) in [5.74, 6) is -0.539. The normalized spacial score (nSPS) is 15.4. The zero-order chi connectivity index (χ0) is 9.84. The molecule has 0 aliphatic rings. The molecule has 1 aromatic rings. The number of benzene rings is 1. The fraction of sp³-hybridized carbons (Fsp3) is 0.333. The van der Waals surface area contributed by atoms with E-state index in [1.165, 1.54) is 18.2 Å². The summed E-state index contributed by atoms with van der Waals surface area (Å²) < 4.78 is 13.0. The van der Waals surface area contributed by atoms with Crippen molar-refractivity contribution in [1.29, 1.82) is 0 Å². The van der Waals surface area contributed by atoms with Crippen LogP contribution in [0.15, 0.2) is 24.3 Å². The van der Waals surface area contributed by atoms with Crippen molar-refractivity contribution >= 4 is 0 Å². The van der Waals surface area contributed by atoms with Crippen LogP contribution in [0.2, 0.25) is 0 Å². The molecule has 0 aromatic heterocycles. The van der Waals surface area contributed by atoms with Crippen LogP contribution in [0.5, 0.6) is 0 Å². The van der Waals surface area contributed by atoms with E-state index in [9.17, 15) is 9.50 Å². The number of aliphatic hydroxyl groups excluding tert-OH is 2. The maximum Gasteiger partial charge on any atom is 0.129 e. The highest BCUT2D eigenvalue weighted by molar-refractivity contribution is 5.20. The summed E-state index contributed by atoms with van der Waals surface area (Å²) in [6, 6.07) is 5.74. The summed E-state index contributed by atoms with van der Waals surface area (Å²) in [6.45, 7) is -0.102. The molecule has 0 heterocycles. The fourth-order valence-electron chi connectivity index (χ4n) is 1.05. The standard InChI is InChI=1S/C9H12FNO2/c10-7-4-2-1-3-6(7)9(13)8(12)5-11/h1-4,8-9,12-13H,5,11H2. The lowest BCUT2D eigenvalue weighted by atomic mass is 10.0. The molecule has 4 heteroatoms. The molecule has 0 saturated heterocycles. The summed E-state index contributed by atoms with van der Waals surface area (Å²) in [6.07, 6.45) is -2.39. The Bertz CT molecular complexity index is 280. The highest BCUT2D eigenvalue weighted by Gasteiger charge is 2.19. The molecule has 0 fully saturated rings. The molecular formula is C9H12FNO2. The van der Waals surface area contributed by atoms with E-state index < -0.39 is 18.0 Å². The van der Waals surface area contributed by atoms with Gasteiger partial charge in [0.25, 0.3) is 0 Å². The lowest BCUT2D eigenvalue weighted by Crippen LogP contribution is -2.27. The monoisotopic (exact) mass is 185 g/mol. The van der Waals surface area contributed by atoms with E-state index in [1.54, 1.807) is 6.07 Å². The third kappa shape index (κ3) is 2.24. The molecule has 3 nitrogen and oxygen atoms in total. The van der Waals surface area contributed by atoms with Crippen molar-refractivity contribution in [3.05, 3.63) is 35.6 Å². The zero-order valence-electron chi connectivity index (χ0n) is 7.02. The van der Waals surface area contributed by atoms with Gasteiger partial charge in [0.2, 0.25) is 0 Å². The number of hydrogen-bond acceptors (Lipinski definition) is 3. The van der Waals surface area contributed by atoms with Crippen LogP contribution >= 0.6 is 0 Å². The Kier molecular flexibility index (Phi) is 3.36. The summed E-state index contributed by atoms with van der Waals surface area (Å²) >= 11 is 0. The van der Waals surface area contributed by atoms with E-state index in [0.29, 0.717) is 0 Å². The van der Waals surface area contributed by atoms with Gasteiger partial charge in [-0.15, -0.1) is 0 Å². The Morgan fingerprint density at radius 1 is 1.31 bits per heavy atom. The van der Waals surface area contributed by atoms with E-state index in [2.05, 4.69) is 0 Å². The number of hydrogen-bond donors (Lipinski definition) is 3. The fourth-order valence-corrected chi connectivity index (χ4v) is 1.05. The van der Waals surface area contributed by atoms with Gasteiger partial charge >= 0.3 is 0 Å². The second kappa shape index (κ2) is 4.32. The molecular weight excluding hydrogens is 173 g/mol. The Balaban J connectivity index is 2.88. The number of nitrogens with two attached hydrogens (primary N) is 1. The first-order chi connectivity index (χ1) is 6.16. The van der Waals surface area contributed by atoms with Crippen LogP contribution in [0.4, 0.5) is 4.39 Å². The van der Waals surface area contributed by atoms with Crippen molar-refractivity contribution in [2.45, 2.75) is 12.2 Å². The maximum absolute atomic E-state index is 13.0. The Morgan fingerprint density at radius 2 is 1.92 bits per heavy atom. The van der Waals surface area contributed by atoms with Crippen molar-refractivity contribution in [2.75, 3.05) is 6.54 Å². The predicted molar refractivity (Wildman–Crippen MR) is 46.4 cm³/mol. The topological polar surface area (TPSA) is 66.5 Å². The highest BCUT2D eigenvalue weighted by Crippen LogP contribution is 2.19. The maximum atomic E-state index is 13.0. The van der Waals surface area contributed by atoms with Gasteiger partial charge in [0.05, 0.1) is 6.10 Å². The molecule has 2 unspecified atom stereocenters. The molecule has 1 rings (SSSR count). The second-order valence-electron chi connectivity index (χ2n) is 2.77. The van der Waals surface area contributed by atoms with Crippen LogP contribution < -0.4 is 5.73 Å². The Morgan fingerprint density at radius 3 is 2.46 bits per heavy atom. The molecule has 0 amide bonds. The minimum atomic E-state index is -1.26. The van der Waals surface area contributed by atoms with Crippen LogP contribution in [-0.2, 0) is 0 Å². The third-order valence-electron chi connectivity index (χ3n) is 1.83. The van der Waals surface area contributed by atoms with Gasteiger partial charge < -0.3 is 15.9 Å². The minimum absolute atomic E-state index is 0.0699. The lowest BCUT2D eigenvalue weighted by molar-refractivity contribution is 0.0222. The van der Waals surface area contributed by atoms with Crippen molar-refractivity contribution < 1.29 is 14.6 Å². The summed E-state index contributed by atoms with van der Waals surface area (Å²) in [5.41, 5.74) is 5.20. The molecule has 1 aromatic carbocycles. The summed E-state index contributed by atoms with van der Waals surface area (Å²) in [7, 11) is 0. The number of aliphatic hydroxyl groups is 2. The summed E-state index contributed by atoms with van der Waals surface area (Å²) in [4.78, 5) is 0. The molecule has 4 N–H and O–H groups in total. The zero-order valence-corrected chi connectivity index (χ0v) is 7.02. The van der Waals surface area contributed by atoms with Crippen LogP contribution in [0, 0.1) is 5.82 Å². The molecule has 0 spiro atoms. The van der Waals surface area contributed by atoms with Gasteiger partial charge in [-0.3, -0.25) is 0 Å². The van der Waals surface area contributed by atoms with Gasteiger partial charge in [0.15, 0.2) is 0 Å². The average Bonchev–Trinajstić information content (AvgIpc) is 2.16. The minimum Gasteiger partial charge on any atom is -0.389 e. The van der Waals surface area contributed by atoms with E-state index >= 15 is 0 Å². The van der Waals surface area contributed by atoms with Gasteiger partial charge in [0.1, 0.15) is 11.9 Å². The van der Waals surface area contributed by atoms with E-state index in [4.69, 9.17) is 10.8 Å². The van der Waals surface area contributed by atoms with Crippen molar-refractivity contribution in [3.8, 4) is 0 Å². The average molecular weight is 185 g/mol. The van der Waals surface area contributed by atoms with Crippen molar-refractivity contribution in [3.63, 3.8) is 0 Å². The molecule has 0 radical (unpaired) electrons. The quantitative estimate of drug-likeness (QED) is 0.629. The van der Waals surface area contributed by atoms with Gasteiger partial charge in [-0.05, 0) is 6.07 Å². The van der Waals surface area contributed by atoms with Gasteiger partial charge in [-0.2, -0.15) is 0 Å². The van der Waals surface area contributed by atoms with Gasteiger partial charge in [0, 0.05) is 12.1 Å². The van der Waals surface area contributed by atoms with Gasteiger partial charge in [-0.25, -0.2) is 4.39 Å². The number of rotatable bonds is 3. The Hall–Kier alpha value is -0.970. The molecule has 72 valence electrons. The Labute approximate surface area is 75.6 Å². The first kappa shape index (κ1) is 10.1. The summed E-state index contributed by atoms with van der Waals surface area (Å²) in [5, 5.41) is 18.6. The largest absolute Gasteiger partial charge is 0.389 e. The molecule has 13 heavy (non-hydrogen) atoms. The van der Waals surface area contributed by atoms with Crippen LogP contribution in [-0.4, -0.2) is 22.9 Å². The smallest absolute Gasteiger partial charge is 0.129 e. The number of halogens is 1. The third-order valence-corrected chi connectivity index (χ3v) is 1.83. The molecule has 2 atom stereocenters. The van der Waals surface area contributed by atoms with Crippen molar-refractivity contribution in [1.82, 2.24) is 0 Å². The second-order valence-corrected chi connectivity index (χ2v) is 2.77. The lowest BCUT2D eigenvalue weighted by Gasteiger charge is -2.16. The molecule has 0 aliphatic carbocycles. The van der Waals surface area contributed by atoms with Crippen LogP contribution in [0.1, 0.15) is 11.7 Å². The van der Waals surface area contributed by atoms with E-state index in [-0.39, 0.29) is 12.1 Å². The van der Waals surface area contributed by atoms with Gasteiger partial charge in [-0.1, -0.05) is 18.2 Å². The van der Waals surface area contributed by atoms with E-state index in [0.717, 1.165) is 0 Å². The van der Waals surface area contributed by atoms with Crippen molar-refractivity contribution in [2.24, 2.45) is 5.73 Å².